The van der Waals surface area contributed by atoms with E-state index in [1.54, 1.807) is 27.7 Å². The van der Waals surface area contributed by atoms with Crippen LogP contribution in [0.2, 0.25) is 0 Å². The van der Waals surface area contributed by atoms with E-state index in [9.17, 15) is 9.59 Å². The Morgan fingerprint density at radius 3 is 1.62 bits per heavy atom. The highest BCUT2D eigenvalue weighted by Gasteiger charge is 2.38. The molecule has 1 rings (SSSR count). The van der Waals surface area contributed by atoms with Crippen LogP contribution in [-0.2, 0) is 38.0 Å². The predicted molar refractivity (Wildman–Crippen MR) is 130 cm³/mol. The molecule has 0 amide bonds. The van der Waals surface area contributed by atoms with Gasteiger partial charge in [-0.05, 0) is 74.1 Å². The maximum Gasteiger partial charge on any atom is 0.337 e. The summed E-state index contributed by atoms with van der Waals surface area (Å²) in [6, 6.07) is 0. The number of ether oxygens (including phenoxy) is 6. The van der Waals surface area contributed by atoms with Crippen molar-refractivity contribution in [2.75, 3.05) is 26.4 Å². The summed E-state index contributed by atoms with van der Waals surface area (Å²) in [6.45, 7) is 15.9. The monoisotopic (exact) mass is 488 g/mol. The highest BCUT2D eigenvalue weighted by molar-refractivity contribution is 5.79. The van der Waals surface area contributed by atoms with E-state index in [1.807, 2.05) is 27.7 Å². The lowest BCUT2D eigenvalue weighted by molar-refractivity contribution is -0.186. The number of carbonyl (C=O) groups excluding carboxylic acids is 2. The molecule has 1 fully saturated rings. The summed E-state index contributed by atoms with van der Waals surface area (Å²) in [7, 11) is 0. The van der Waals surface area contributed by atoms with E-state index in [4.69, 9.17) is 28.4 Å². The van der Waals surface area contributed by atoms with Crippen LogP contribution < -0.4 is 0 Å². The Labute approximate surface area is 206 Å². The Bertz CT molecular complexity index is 602. The van der Waals surface area contributed by atoms with Crippen molar-refractivity contribution < 1.29 is 38.0 Å². The fourth-order valence-corrected chi connectivity index (χ4v) is 3.68. The van der Waals surface area contributed by atoms with Gasteiger partial charge in [0.15, 0.2) is 11.2 Å². The van der Waals surface area contributed by atoms with Gasteiger partial charge in [0.1, 0.15) is 13.2 Å². The van der Waals surface area contributed by atoms with Crippen LogP contribution in [0.4, 0.5) is 0 Å². The molecular formula is C26H48O8. The quantitative estimate of drug-likeness (QED) is 0.188. The smallest absolute Gasteiger partial charge is 0.337 e. The molecular weight excluding hydrogens is 440 g/mol. The lowest BCUT2D eigenvalue weighted by Crippen LogP contribution is -2.43. The molecule has 0 radical (unpaired) electrons. The average Bonchev–Trinajstić information content (AvgIpc) is 2.97. The standard InChI is InChI=1S/C26H48O8/c1-9-20(4)30-15-17-32-24(28)26(7,8)34-22-13-11-10-12-21(18-22)33-25(5,6)23(27)31-16-14-29-19(2)3/h19-22H,9-18H2,1-8H3. The summed E-state index contributed by atoms with van der Waals surface area (Å²) >= 11 is 0. The van der Waals surface area contributed by atoms with E-state index in [2.05, 4.69) is 0 Å². The van der Waals surface area contributed by atoms with Gasteiger partial charge in [-0.3, -0.25) is 0 Å². The Morgan fingerprint density at radius 1 is 0.765 bits per heavy atom. The molecule has 0 aromatic rings. The normalized spacial score (nSPS) is 20.6. The Balaban J connectivity index is 2.55. The van der Waals surface area contributed by atoms with Crippen molar-refractivity contribution in [3.8, 4) is 0 Å². The van der Waals surface area contributed by atoms with E-state index in [0.29, 0.717) is 19.6 Å². The van der Waals surface area contributed by atoms with Crippen LogP contribution >= 0.6 is 0 Å². The molecule has 0 saturated heterocycles. The van der Waals surface area contributed by atoms with Gasteiger partial charge in [0.05, 0.1) is 37.6 Å². The first-order valence-electron chi connectivity index (χ1n) is 12.8. The van der Waals surface area contributed by atoms with Gasteiger partial charge < -0.3 is 28.4 Å². The summed E-state index contributed by atoms with van der Waals surface area (Å²) in [5, 5.41) is 0. The zero-order chi connectivity index (χ0) is 25.8. The molecule has 0 spiro atoms. The van der Waals surface area contributed by atoms with Crippen molar-refractivity contribution in [1.29, 1.82) is 0 Å². The van der Waals surface area contributed by atoms with Crippen LogP contribution in [-0.4, -0.2) is 74.0 Å². The minimum atomic E-state index is -1.08. The molecule has 8 nitrogen and oxygen atoms in total. The number of hydrogen-bond acceptors (Lipinski definition) is 8. The molecule has 0 N–H and O–H groups in total. The van der Waals surface area contributed by atoms with Gasteiger partial charge in [-0.2, -0.15) is 0 Å². The minimum Gasteiger partial charge on any atom is -0.461 e. The topological polar surface area (TPSA) is 89.5 Å². The Morgan fingerprint density at radius 2 is 1.21 bits per heavy atom. The molecule has 0 aromatic carbocycles. The van der Waals surface area contributed by atoms with E-state index in [-0.39, 0.29) is 37.6 Å². The second-order valence-corrected chi connectivity index (χ2v) is 10.3. The van der Waals surface area contributed by atoms with E-state index < -0.39 is 23.1 Å². The van der Waals surface area contributed by atoms with Crippen molar-refractivity contribution in [3.05, 3.63) is 0 Å². The highest BCUT2D eigenvalue weighted by atomic mass is 16.6. The summed E-state index contributed by atoms with van der Waals surface area (Å²) in [4.78, 5) is 25.1. The second-order valence-electron chi connectivity index (χ2n) is 10.3. The molecule has 1 saturated carbocycles. The van der Waals surface area contributed by atoms with Crippen LogP contribution in [0.1, 0.15) is 93.9 Å². The molecule has 34 heavy (non-hydrogen) atoms. The van der Waals surface area contributed by atoms with Crippen molar-refractivity contribution in [2.24, 2.45) is 0 Å². The molecule has 0 heterocycles. The van der Waals surface area contributed by atoms with Crippen LogP contribution in [0.5, 0.6) is 0 Å². The highest BCUT2D eigenvalue weighted by Crippen LogP contribution is 2.29. The summed E-state index contributed by atoms with van der Waals surface area (Å²) in [6.07, 6.45) is 4.98. The van der Waals surface area contributed by atoms with Gasteiger partial charge in [-0.25, -0.2) is 9.59 Å². The number of carbonyl (C=O) groups is 2. The summed E-state index contributed by atoms with van der Waals surface area (Å²) in [5.41, 5.74) is -2.16. The van der Waals surface area contributed by atoms with Gasteiger partial charge in [0.2, 0.25) is 0 Å². The van der Waals surface area contributed by atoms with E-state index >= 15 is 0 Å². The fraction of sp³-hybridized carbons (Fsp3) is 0.923. The Hall–Kier alpha value is -1.22. The maximum atomic E-state index is 12.6. The van der Waals surface area contributed by atoms with Crippen LogP contribution in [0.25, 0.3) is 0 Å². The first kappa shape index (κ1) is 30.8. The minimum absolute atomic E-state index is 0.0884. The first-order chi connectivity index (χ1) is 15.9. The van der Waals surface area contributed by atoms with Gasteiger partial charge in [0, 0.05) is 0 Å². The van der Waals surface area contributed by atoms with Crippen molar-refractivity contribution in [3.63, 3.8) is 0 Å². The molecule has 1 aliphatic carbocycles. The molecule has 0 bridgehead atoms. The number of hydrogen-bond donors (Lipinski definition) is 0. The van der Waals surface area contributed by atoms with Gasteiger partial charge in [-0.1, -0.05) is 19.8 Å². The van der Waals surface area contributed by atoms with Crippen LogP contribution in [0, 0.1) is 0 Å². The van der Waals surface area contributed by atoms with Gasteiger partial charge in [-0.15, -0.1) is 0 Å². The van der Waals surface area contributed by atoms with Gasteiger partial charge in [0.25, 0.3) is 0 Å². The third kappa shape index (κ3) is 12.0. The average molecular weight is 489 g/mol. The fourth-order valence-electron chi connectivity index (χ4n) is 3.68. The first-order valence-corrected chi connectivity index (χ1v) is 12.8. The van der Waals surface area contributed by atoms with Crippen molar-refractivity contribution in [1.82, 2.24) is 0 Å². The van der Waals surface area contributed by atoms with E-state index in [0.717, 1.165) is 32.1 Å². The third-order valence-corrected chi connectivity index (χ3v) is 5.80. The van der Waals surface area contributed by atoms with Crippen molar-refractivity contribution >= 4 is 11.9 Å². The largest absolute Gasteiger partial charge is 0.461 e. The summed E-state index contributed by atoms with van der Waals surface area (Å²) < 4.78 is 34.1. The zero-order valence-electron chi connectivity index (χ0n) is 22.6. The third-order valence-electron chi connectivity index (χ3n) is 5.80. The molecule has 3 atom stereocenters. The second kappa shape index (κ2) is 15.0. The molecule has 0 aromatic heterocycles. The molecule has 8 heteroatoms. The van der Waals surface area contributed by atoms with E-state index in [1.165, 1.54) is 0 Å². The molecule has 200 valence electrons. The number of esters is 2. The predicted octanol–water partition coefficient (Wildman–Crippen LogP) is 4.60. The lowest BCUT2D eigenvalue weighted by atomic mass is 10.1. The number of rotatable bonds is 15. The van der Waals surface area contributed by atoms with Crippen molar-refractivity contribution in [2.45, 2.75) is 130 Å². The maximum absolute atomic E-state index is 12.6. The Kier molecular flexibility index (Phi) is 13.6. The molecule has 1 aliphatic rings. The summed E-state index contributed by atoms with van der Waals surface area (Å²) in [5.74, 6) is -0.820. The van der Waals surface area contributed by atoms with Crippen LogP contribution in [0.15, 0.2) is 0 Å². The zero-order valence-corrected chi connectivity index (χ0v) is 22.6. The van der Waals surface area contributed by atoms with Crippen LogP contribution in [0.3, 0.4) is 0 Å². The molecule has 0 aliphatic heterocycles. The lowest BCUT2D eigenvalue weighted by Gasteiger charge is -2.32. The SMILES string of the molecule is CCC(C)OCCOC(=O)C(C)(C)OC1CCCCC(OC(C)(C)C(=O)OCCOC(C)C)C1. The van der Waals surface area contributed by atoms with Gasteiger partial charge >= 0.3 is 11.9 Å². The molecule has 3 unspecified atom stereocenters.